The topological polar surface area (TPSA) is 23.8 Å². The molecule has 2 aromatic carbocycles. The lowest BCUT2D eigenvalue weighted by Gasteiger charge is -2.09. The van der Waals surface area contributed by atoms with Crippen molar-refractivity contribution in [2.24, 2.45) is 0 Å². The highest BCUT2D eigenvalue weighted by Crippen LogP contribution is 2.20. The van der Waals surface area contributed by atoms with Crippen LogP contribution >= 0.6 is 0 Å². The third-order valence-electron chi connectivity index (χ3n) is 3.18. The predicted octanol–water partition coefficient (Wildman–Crippen LogP) is 4.24. The minimum Gasteiger partial charge on any atom is -0.207 e. The maximum atomic E-state index is 13.1. The van der Waals surface area contributed by atoms with Crippen molar-refractivity contribution >= 4 is 6.08 Å². The van der Waals surface area contributed by atoms with E-state index in [4.69, 9.17) is 5.26 Å². The minimum atomic E-state index is -0.226. The van der Waals surface area contributed by atoms with Crippen molar-refractivity contribution in [3.8, 4) is 6.07 Å². The highest BCUT2D eigenvalue weighted by atomic mass is 19.1. The van der Waals surface area contributed by atoms with Gasteiger partial charge in [0.15, 0.2) is 0 Å². The van der Waals surface area contributed by atoms with Gasteiger partial charge in [-0.15, -0.1) is 0 Å². The van der Waals surface area contributed by atoms with Gasteiger partial charge in [-0.1, -0.05) is 24.8 Å². The molecule has 0 saturated heterocycles. The Hall–Kier alpha value is -2.40. The van der Waals surface area contributed by atoms with E-state index >= 15 is 0 Å². The van der Waals surface area contributed by atoms with E-state index in [0.29, 0.717) is 12.0 Å². The van der Waals surface area contributed by atoms with E-state index < -0.39 is 0 Å². The molecule has 0 spiro atoms. The van der Waals surface area contributed by atoms with Crippen LogP contribution in [0.15, 0.2) is 43.0 Å². The Morgan fingerprint density at radius 3 is 2.63 bits per heavy atom. The average molecular weight is 251 g/mol. The quantitative estimate of drug-likeness (QED) is 0.800. The van der Waals surface area contributed by atoms with E-state index in [1.165, 1.54) is 12.1 Å². The molecule has 0 unspecified atom stereocenters. The molecule has 94 valence electrons. The van der Waals surface area contributed by atoms with E-state index in [0.717, 1.165) is 22.3 Å². The Kier molecular flexibility index (Phi) is 3.77. The zero-order valence-electron chi connectivity index (χ0n) is 10.8. The van der Waals surface area contributed by atoms with Gasteiger partial charge in [-0.2, -0.15) is 5.26 Å². The number of hydrogen-bond acceptors (Lipinski definition) is 1. The van der Waals surface area contributed by atoms with Gasteiger partial charge in [0.05, 0.1) is 11.6 Å². The molecule has 0 N–H and O–H groups in total. The zero-order chi connectivity index (χ0) is 13.8. The molecule has 0 heterocycles. The SMILES string of the molecule is C=Cc1ccc(C#N)cc1Cc1ccc(F)cc1C. The third kappa shape index (κ3) is 2.89. The van der Waals surface area contributed by atoms with Crippen LogP contribution in [-0.2, 0) is 6.42 Å². The fourth-order valence-corrected chi connectivity index (χ4v) is 2.09. The Balaban J connectivity index is 2.42. The summed E-state index contributed by atoms with van der Waals surface area (Å²) in [6, 6.07) is 12.4. The molecule has 0 amide bonds. The molecule has 0 radical (unpaired) electrons. The summed E-state index contributed by atoms with van der Waals surface area (Å²) in [5.74, 6) is -0.226. The second-order valence-electron chi connectivity index (χ2n) is 4.48. The van der Waals surface area contributed by atoms with Crippen LogP contribution in [0.1, 0.15) is 27.8 Å². The summed E-state index contributed by atoms with van der Waals surface area (Å²) in [5.41, 5.74) is 4.63. The molecule has 2 rings (SSSR count). The smallest absolute Gasteiger partial charge is 0.123 e. The highest BCUT2D eigenvalue weighted by Gasteiger charge is 2.06. The molecule has 0 aliphatic carbocycles. The molecule has 2 heteroatoms. The average Bonchev–Trinajstić information content (AvgIpc) is 2.41. The van der Waals surface area contributed by atoms with Crippen molar-refractivity contribution in [2.45, 2.75) is 13.3 Å². The van der Waals surface area contributed by atoms with E-state index in [2.05, 4.69) is 12.6 Å². The number of aryl methyl sites for hydroxylation is 1. The van der Waals surface area contributed by atoms with E-state index in [9.17, 15) is 4.39 Å². The van der Waals surface area contributed by atoms with Crippen molar-refractivity contribution < 1.29 is 4.39 Å². The lowest BCUT2D eigenvalue weighted by molar-refractivity contribution is 0.626. The van der Waals surface area contributed by atoms with Crippen LogP contribution in [-0.4, -0.2) is 0 Å². The zero-order valence-corrected chi connectivity index (χ0v) is 10.8. The summed E-state index contributed by atoms with van der Waals surface area (Å²) in [6.45, 7) is 5.67. The van der Waals surface area contributed by atoms with E-state index in [1.54, 1.807) is 18.2 Å². The van der Waals surface area contributed by atoms with E-state index in [1.807, 2.05) is 19.1 Å². The van der Waals surface area contributed by atoms with Crippen molar-refractivity contribution in [1.29, 1.82) is 5.26 Å². The first-order valence-corrected chi connectivity index (χ1v) is 6.04. The summed E-state index contributed by atoms with van der Waals surface area (Å²) in [4.78, 5) is 0. The first-order valence-electron chi connectivity index (χ1n) is 6.04. The Bertz CT molecular complexity index is 665. The molecular formula is C17H14FN. The molecule has 0 aliphatic heterocycles. The van der Waals surface area contributed by atoms with Gasteiger partial charge in [0, 0.05) is 0 Å². The molecule has 2 aromatic rings. The lowest BCUT2D eigenvalue weighted by atomic mass is 9.95. The Morgan fingerprint density at radius 1 is 1.21 bits per heavy atom. The number of halogens is 1. The van der Waals surface area contributed by atoms with E-state index in [-0.39, 0.29) is 5.82 Å². The molecule has 0 aromatic heterocycles. The van der Waals surface area contributed by atoms with Crippen LogP contribution in [0.2, 0.25) is 0 Å². The third-order valence-corrected chi connectivity index (χ3v) is 3.18. The maximum absolute atomic E-state index is 13.1. The van der Waals surface area contributed by atoms with Crippen molar-refractivity contribution in [1.82, 2.24) is 0 Å². The van der Waals surface area contributed by atoms with Crippen LogP contribution in [0.25, 0.3) is 6.08 Å². The fourth-order valence-electron chi connectivity index (χ4n) is 2.09. The van der Waals surface area contributed by atoms with Gasteiger partial charge >= 0.3 is 0 Å². The van der Waals surface area contributed by atoms with Crippen molar-refractivity contribution in [3.63, 3.8) is 0 Å². The van der Waals surface area contributed by atoms with Crippen molar-refractivity contribution in [3.05, 3.63) is 76.6 Å². The van der Waals surface area contributed by atoms with Gasteiger partial charge < -0.3 is 0 Å². The second-order valence-corrected chi connectivity index (χ2v) is 4.48. The molecule has 0 aliphatic rings. The number of nitriles is 1. The van der Waals surface area contributed by atoms with Crippen LogP contribution in [0.3, 0.4) is 0 Å². The largest absolute Gasteiger partial charge is 0.207 e. The van der Waals surface area contributed by atoms with Gasteiger partial charge in [-0.3, -0.25) is 0 Å². The number of rotatable bonds is 3. The summed E-state index contributed by atoms with van der Waals surface area (Å²) >= 11 is 0. The summed E-state index contributed by atoms with van der Waals surface area (Å²) in [6.07, 6.45) is 2.44. The molecule has 0 atom stereocenters. The molecule has 0 saturated carbocycles. The van der Waals surface area contributed by atoms with Gasteiger partial charge in [-0.25, -0.2) is 4.39 Å². The summed E-state index contributed by atoms with van der Waals surface area (Å²) < 4.78 is 13.1. The lowest BCUT2D eigenvalue weighted by Crippen LogP contribution is -1.96. The first kappa shape index (κ1) is 13.0. The van der Waals surface area contributed by atoms with Gasteiger partial charge in [0.25, 0.3) is 0 Å². The number of hydrogen-bond donors (Lipinski definition) is 0. The monoisotopic (exact) mass is 251 g/mol. The maximum Gasteiger partial charge on any atom is 0.123 e. The normalized spacial score (nSPS) is 9.95. The standard InChI is InChI=1S/C17H14FN/c1-3-14-5-4-13(11-19)9-16(14)10-15-6-7-17(18)8-12(15)2/h3-9H,1,10H2,2H3. The Morgan fingerprint density at radius 2 is 2.00 bits per heavy atom. The second kappa shape index (κ2) is 5.49. The Labute approximate surface area is 112 Å². The fraction of sp³-hybridized carbons (Fsp3) is 0.118. The van der Waals surface area contributed by atoms with Crippen LogP contribution in [0.4, 0.5) is 4.39 Å². The van der Waals surface area contributed by atoms with Crippen molar-refractivity contribution in [2.75, 3.05) is 0 Å². The highest BCUT2D eigenvalue weighted by molar-refractivity contribution is 5.55. The number of benzene rings is 2. The van der Waals surface area contributed by atoms with Crippen LogP contribution in [0, 0.1) is 24.1 Å². The molecule has 1 nitrogen and oxygen atoms in total. The summed E-state index contributed by atoms with van der Waals surface area (Å²) in [5, 5.41) is 8.96. The molecule has 19 heavy (non-hydrogen) atoms. The number of nitrogens with zero attached hydrogens (tertiary/aromatic N) is 1. The van der Waals surface area contributed by atoms with Crippen LogP contribution < -0.4 is 0 Å². The predicted molar refractivity (Wildman–Crippen MR) is 75.2 cm³/mol. The van der Waals surface area contributed by atoms with Gasteiger partial charge in [-0.05, 0) is 59.9 Å². The molecular weight excluding hydrogens is 237 g/mol. The van der Waals surface area contributed by atoms with Crippen LogP contribution in [0.5, 0.6) is 0 Å². The molecule has 0 bridgehead atoms. The molecule has 0 fully saturated rings. The van der Waals surface area contributed by atoms with Gasteiger partial charge in [0.2, 0.25) is 0 Å². The summed E-state index contributed by atoms with van der Waals surface area (Å²) in [7, 11) is 0. The minimum absolute atomic E-state index is 0.226. The first-order chi connectivity index (χ1) is 9.13. The van der Waals surface area contributed by atoms with Gasteiger partial charge in [0.1, 0.15) is 5.82 Å².